The highest BCUT2D eigenvalue weighted by molar-refractivity contribution is 5.79. The van der Waals surface area contributed by atoms with E-state index in [4.69, 9.17) is 4.74 Å². The quantitative estimate of drug-likeness (QED) is 0.472. The second-order valence-electron chi connectivity index (χ2n) is 5.66. The fourth-order valence-corrected chi connectivity index (χ4v) is 2.75. The highest BCUT2D eigenvalue weighted by Crippen LogP contribution is 2.10. The molecule has 0 aliphatic carbocycles. The van der Waals surface area contributed by atoms with E-state index in [2.05, 4.69) is 25.8 Å². The van der Waals surface area contributed by atoms with E-state index in [0.29, 0.717) is 6.10 Å². The van der Waals surface area contributed by atoms with E-state index < -0.39 is 0 Å². The van der Waals surface area contributed by atoms with Crippen LogP contribution in [0.2, 0.25) is 0 Å². The molecule has 0 amide bonds. The van der Waals surface area contributed by atoms with Crippen molar-refractivity contribution in [1.29, 1.82) is 0 Å². The summed E-state index contributed by atoms with van der Waals surface area (Å²) in [4.78, 5) is 4.24. The van der Waals surface area contributed by atoms with Gasteiger partial charge in [-0.05, 0) is 31.4 Å². The number of hydrogen-bond acceptors (Lipinski definition) is 4. The average molecular weight is 316 g/mol. The molecule has 1 atom stereocenters. The van der Waals surface area contributed by atoms with Crippen molar-refractivity contribution >= 4 is 11.6 Å². The Morgan fingerprint density at radius 2 is 2.35 bits per heavy atom. The first kappa shape index (κ1) is 15.7. The zero-order chi connectivity index (χ0) is 15.9. The third-order valence-electron chi connectivity index (χ3n) is 4.00. The van der Waals surface area contributed by atoms with Gasteiger partial charge in [-0.1, -0.05) is 6.07 Å². The van der Waals surface area contributed by atoms with Crippen LogP contribution in [0.5, 0.6) is 0 Å². The lowest BCUT2D eigenvalue weighted by atomic mass is 10.2. The first-order chi connectivity index (χ1) is 11.4. The molecule has 124 valence electrons. The predicted octanol–water partition coefficient (Wildman–Crippen LogP) is 1.01. The van der Waals surface area contributed by atoms with Crippen LogP contribution in [0.3, 0.4) is 0 Å². The highest BCUT2D eigenvalue weighted by Gasteiger charge is 2.15. The summed E-state index contributed by atoms with van der Waals surface area (Å²) >= 11 is 0. The number of aromatic nitrogens is 3. The fourth-order valence-electron chi connectivity index (χ4n) is 2.75. The van der Waals surface area contributed by atoms with Crippen LogP contribution in [-0.4, -0.2) is 53.4 Å². The van der Waals surface area contributed by atoms with E-state index in [9.17, 15) is 0 Å². The number of guanidine groups is 1. The number of aryl methyl sites for hydroxylation is 1. The molecule has 2 aromatic heterocycles. The van der Waals surface area contributed by atoms with Gasteiger partial charge in [-0.2, -0.15) is 0 Å². The van der Waals surface area contributed by atoms with Crippen LogP contribution in [-0.2, 0) is 11.2 Å². The lowest BCUT2D eigenvalue weighted by Gasteiger charge is -2.14. The van der Waals surface area contributed by atoms with E-state index in [1.54, 1.807) is 7.05 Å². The number of aliphatic imine (C=N–C) groups is 1. The standard InChI is InChI=1S/C16H24N6O/c1-17-16(19-12-13-6-5-11-23-13)18-9-4-8-15-21-20-14-7-2-3-10-22(14)15/h2-3,7,10,13H,4-6,8-9,11-12H2,1H3,(H2,17,18,19). The van der Waals surface area contributed by atoms with Crippen molar-refractivity contribution < 1.29 is 4.74 Å². The van der Waals surface area contributed by atoms with Crippen LogP contribution in [0.1, 0.15) is 25.1 Å². The molecule has 2 N–H and O–H groups in total. The van der Waals surface area contributed by atoms with Crippen molar-refractivity contribution in [3.05, 3.63) is 30.2 Å². The molecule has 0 radical (unpaired) electrons. The van der Waals surface area contributed by atoms with Crippen LogP contribution in [0.25, 0.3) is 5.65 Å². The Bertz CT molecular complexity index is 647. The minimum Gasteiger partial charge on any atom is -0.376 e. The van der Waals surface area contributed by atoms with Crippen molar-refractivity contribution in [3.8, 4) is 0 Å². The van der Waals surface area contributed by atoms with Gasteiger partial charge in [0, 0.05) is 39.4 Å². The van der Waals surface area contributed by atoms with Crippen molar-refractivity contribution in [2.45, 2.75) is 31.8 Å². The minimum atomic E-state index is 0.316. The summed E-state index contributed by atoms with van der Waals surface area (Å²) in [5.41, 5.74) is 0.893. The molecular formula is C16H24N6O. The Labute approximate surface area is 136 Å². The van der Waals surface area contributed by atoms with Gasteiger partial charge in [0.15, 0.2) is 11.6 Å². The maximum atomic E-state index is 5.60. The molecule has 23 heavy (non-hydrogen) atoms. The van der Waals surface area contributed by atoms with E-state index in [0.717, 1.165) is 62.8 Å². The third kappa shape index (κ3) is 4.19. The topological polar surface area (TPSA) is 75.8 Å². The predicted molar refractivity (Wildman–Crippen MR) is 89.6 cm³/mol. The Hall–Kier alpha value is -2.15. The molecule has 3 heterocycles. The lowest BCUT2D eigenvalue weighted by Crippen LogP contribution is -2.41. The van der Waals surface area contributed by atoms with E-state index in [-0.39, 0.29) is 0 Å². The normalized spacial score (nSPS) is 18.5. The smallest absolute Gasteiger partial charge is 0.191 e. The molecule has 1 saturated heterocycles. The van der Waals surface area contributed by atoms with Crippen LogP contribution in [0, 0.1) is 0 Å². The number of ether oxygens (including phenoxy) is 1. The Morgan fingerprint density at radius 3 is 3.17 bits per heavy atom. The van der Waals surface area contributed by atoms with Crippen LogP contribution in [0.4, 0.5) is 0 Å². The molecule has 1 aliphatic heterocycles. The molecule has 0 aromatic carbocycles. The second-order valence-corrected chi connectivity index (χ2v) is 5.66. The second kappa shape index (κ2) is 7.92. The van der Waals surface area contributed by atoms with Crippen molar-refractivity contribution in [2.24, 2.45) is 4.99 Å². The Balaban J connectivity index is 1.39. The molecule has 3 rings (SSSR count). The maximum Gasteiger partial charge on any atom is 0.191 e. The number of rotatable bonds is 6. The SMILES string of the molecule is CN=C(NCCCc1nnc2ccccn12)NCC1CCCO1. The first-order valence-corrected chi connectivity index (χ1v) is 8.21. The molecule has 7 heteroatoms. The number of fused-ring (bicyclic) bond motifs is 1. The van der Waals surface area contributed by atoms with Gasteiger partial charge in [0.2, 0.25) is 0 Å². The summed E-state index contributed by atoms with van der Waals surface area (Å²) in [5.74, 6) is 1.82. The van der Waals surface area contributed by atoms with Gasteiger partial charge >= 0.3 is 0 Å². The molecule has 2 aromatic rings. The molecular weight excluding hydrogens is 292 g/mol. The molecule has 1 aliphatic rings. The molecule has 7 nitrogen and oxygen atoms in total. The maximum absolute atomic E-state index is 5.60. The van der Waals surface area contributed by atoms with Crippen LogP contribution < -0.4 is 10.6 Å². The van der Waals surface area contributed by atoms with Gasteiger partial charge in [0.1, 0.15) is 5.82 Å². The summed E-state index contributed by atoms with van der Waals surface area (Å²) < 4.78 is 7.63. The minimum absolute atomic E-state index is 0.316. The highest BCUT2D eigenvalue weighted by atomic mass is 16.5. The lowest BCUT2D eigenvalue weighted by molar-refractivity contribution is 0.114. The molecule has 1 unspecified atom stereocenters. The van der Waals surface area contributed by atoms with Gasteiger partial charge in [-0.25, -0.2) is 0 Å². The molecule has 1 fully saturated rings. The largest absolute Gasteiger partial charge is 0.376 e. The third-order valence-corrected chi connectivity index (χ3v) is 4.00. The molecule has 0 bridgehead atoms. The summed E-state index contributed by atoms with van der Waals surface area (Å²) in [6, 6.07) is 5.93. The van der Waals surface area contributed by atoms with Gasteiger partial charge in [0.25, 0.3) is 0 Å². The Kier molecular flexibility index (Phi) is 5.42. The zero-order valence-corrected chi connectivity index (χ0v) is 13.5. The van der Waals surface area contributed by atoms with E-state index in [1.807, 2.05) is 28.8 Å². The van der Waals surface area contributed by atoms with Crippen molar-refractivity contribution in [1.82, 2.24) is 25.2 Å². The van der Waals surface area contributed by atoms with Crippen molar-refractivity contribution in [3.63, 3.8) is 0 Å². The van der Waals surface area contributed by atoms with Gasteiger partial charge in [-0.3, -0.25) is 9.39 Å². The Morgan fingerprint density at radius 1 is 1.39 bits per heavy atom. The van der Waals surface area contributed by atoms with E-state index in [1.165, 1.54) is 0 Å². The zero-order valence-electron chi connectivity index (χ0n) is 13.5. The number of hydrogen-bond donors (Lipinski definition) is 2. The number of nitrogens with one attached hydrogen (secondary N) is 2. The van der Waals surface area contributed by atoms with Crippen LogP contribution >= 0.6 is 0 Å². The van der Waals surface area contributed by atoms with Gasteiger partial charge in [0.05, 0.1) is 6.10 Å². The summed E-state index contributed by atoms with van der Waals surface area (Å²) in [6.07, 6.45) is 6.45. The van der Waals surface area contributed by atoms with Crippen LogP contribution in [0.15, 0.2) is 29.4 Å². The van der Waals surface area contributed by atoms with Gasteiger partial charge < -0.3 is 15.4 Å². The molecule has 0 spiro atoms. The summed E-state index contributed by atoms with van der Waals surface area (Å²) in [7, 11) is 1.79. The van der Waals surface area contributed by atoms with Gasteiger partial charge in [-0.15, -0.1) is 10.2 Å². The number of nitrogens with zero attached hydrogens (tertiary/aromatic N) is 4. The summed E-state index contributed by atoms with van der Waals surface area (Å²) in [6.45, 7) is 2.53. The summed E-state index contributed by atoms with van der Waals surface area (Å²) in [5, 5.41) is 15.1. The first-order valence-electron chi connectivity index (χ1n) is 8.21. The average Bonchev–Trinajstić information content (AvgIpc) is 3.24. The number of pyridine rings is 1. The monoisotopic (exact) mass is 316 g/mol. The van der Waals surface area contributed by atoms with E-state index >= 15 is 0 Å². The molecule has 0 saturated carbocycles. The van der Waals surface area contributed by atoms with Crippen molar-refractivity contribution in [2.75, 3.05) is 26.7 Å². The fraction of sp³-hybridized carbons (Fsp3) is 0.562.